The molecule has 0 aromatic rings. The van der Waals surface area contributed by atoms with Gasteiger partial charge in [-0.25, -0.2) is 0 Å². The van der Waals surface area contributed by atoms with Gasteiger partial charge in [0.05, 0.1) is 12.7 Å². The molecule has 12 heavy (non-hydrogen) atoms. The van der Waals surface area contributed by atoms with E-state index in [1.807, 2.05) is 0 Å². The quantitative estimate of drug-likeness (QED) is 0.477. The van der Waals surface area contributed by atoms with Crippen LogP contribution in [0.15, 0.2) is 0 Å². The molecule has 5 heteroatoms. The van der Waals surface area contributed by atoms with Crippen LogP contribution in [0.25, 0.3) is 0 Å². The zero-order valence-electron chi connectivity index (χ0n) is 6.88. The molecular weight excluding hydrogens is 164 g/mol. The Kier molecular flexibility index (Phi) is 3.42. The fraction of sp³-hybridized carbons (Fsp3) is 1.00. The molecule has 0 aromatic carbocycles. The highest BCUT2D eigenvalue weighted by Gasteiger charge is 2.35. The largest absolute Gasteiger partial charge is 0.394 e. The number of rotatable bonds is 2. The van der Waals surface area contributed by atoms with Crippen molar-refractivity contribution >= 4 is 0 Å². The van der Waals surface area contributed by atoms with Crippen LogP contribution >= 0.6 is 0 Å². The second-order valence-electron chi connectivity index (χ2n) is 2.83. The molecule has 5 nitrogen and oxygen atoms in total. The first-order valence-electron chi connectivity index (χ1n) is 3.84. The summed E-state index contributed by atoms with van der Waals surface area (Å²) in [7, 11) is 1.40. The molecule has 1 aliphatic heterocycles. The SMILES string of the molecule is CO[C@H]1O[C@H](CO)[C@H](O)C[C@H]1O. The number of aliphatic hydroxyl groups is 3. The lowest BCUT2D eigenvalue weighted by molar-refractivity contribution is -0.261. The van der Waals surface area contributed by atoms with Crippen LogP contribution in [0.1, 0.15) is 6.42 Å². The summed E-state index contributed by atoms with van der Waals surface area (Å²) in [5.74, 6) is 0. The third-order valence-corrected chi connectivity index (χ3v) is 1.95. The Hall–Kier alpha value is -0.200. The van der Waals surface area contributed by atoms with Crippen LogP contribution < -0.4 is 0 Å². The van der Waals surface area contributed by atoms with Crippen LogP contribution in [0.3, 0.4) is 0 Å². The second kappa shape index (κ2) is 4.15. The Morgan fingerprint density at radius 3 is 2.58 bits per heavy atom. The van der Waals surface area contributed by atoms with Gasteiger partial charge in [-0.05, 0) is 0 Å². The van der Waals surface area contributed by atoms with Gasteiger partial charge in [0, 0.05) is 13.5 Å². The maximum Gasteiger partial charge on any atom is 0.183 e. The van der Waals surface area contributed by atoms with Crippen molar-refractivity contribution in [2.75, 3.05) is 13.7 Å². The van der Waals surface area contributed by atoms with E-state index in [0.29, 0.717) is 0 Å². The van der Waals surface area contributed by atoms with Crippen molar-refractivity contribution in [3.05, 3.63) is 0 Å². The van der Waals surface area contributed by atoms with Crippen molar-refractivity contribution in [1.29, 1.82) is 0 Å². The van der Waals surface area contributed by atoms with Crippen molar-refractivity contribution < 1.29 is 24.8 Å². The molecule has 0 amide bonds. The molecule has 72 valence electrons. The van der Waals surface area contributed by atoms with Gasteiger partial charge in [0.2, 0.25) is 0 Å². The zero-order chi connectivity index (χ0) is 9.14. The number of hydrogen-bond acceptors (Lipinski definition) is 5. The van der Waals surface area contributed by atoms with Crippen molar-refractivity contribution in [1.82, 2.24) is 0 Å². The molecule has 1 heterocycles. The first kappa shape index (κ1) is 9.88. The van der Waals surface area contributed by atoms with E-state index < -0.39 is 24.6 Å². The van der Waals surface area contributed by atoms with Crippen molar-refractivity contribution in [2.45, 2.75) is 31.0 Å². The summed E-state index contributed by atoms with van der Waals surface area (Å²) in [5.41, 5.74) is 0. The predicted molar refractivity (Wildman–Crippen MR) is 39.4 cm³/mol. The predicted octanol–water partition coefficient (Wildman–Crippen LogP) is -1.54. The van der Waals surface area contributed by atoms with Gasteiger partial charge >= 0.3 is 0 Å². The molecule has 0 aromatic heterocycles. The molecule has 1 rings (SSSR count). The summed E-state index contributed by atoms with van der Waals surface area (Å²) < 4.78 is 9.83. The van der Waals surface area contributed by atoms with Crippen LogP contribution in [0, 0.1) is 0 Å². The Labute approximate surface area is 70.5 Å². The van der Waals surface area contributed by atoms with Gasteiger partial charge in [0.15, 0.2) is 6.29 Å². The van der Waals surface area contributed by atoms with E-state index in [0.717, 1.165) is 0 Å². The van der Waals surface area contributed by atoms with E-state index in [1.54, 1.807) is 0 Å². The maximum atomic E-state index is 9.26. The van der Waals surface area contributed by atoms with Crippen LogP contribution in [-0.4, -0.2) is 53.6 Å². The summed E-state index contributed by atoms with van der Waals surface area (Å²) >= 11 is 0. The van der Waals surface area contributed by atoms with E-state index in [-0.39, 0.29) is 13.0 Å². The van der Waals surface area contributed by atoms with Crippen molar-refractivity contribution in [3.63, 3.8) is 0 Å². The van der Waals surface area contributed by atoms with E-state index in [4.69, 9.17) is 14.6 Å². The molecule has 0 bridgehead atoms. The molecule has 4 atom stereocenters. The Bertz CT molecular complexity index is 126. The van der Waals surface area contributed by atoms with Crippen LogP contribution in [0.2, 0.25) is 0 Å². The molecule has 0 aliphatic carbocycles. The Morgan fingerprint density at radius 1 is 1.42 bits per heavy atom. The van der Waals surface area contributed by atoms with Gasteiger partial charge in [0.25, 0.3) is 0 Å². The van der Waals surface area contributed by atoms with Gasteiger partial charge in [-0.1, -0.05) is 0 Å². The highest BCUT2D eigenvalue weighted by molar-refractivity contribution is 4.80. The third-order valence-electron chi connectivity index (χ3n) is 1.95. The highest BCUT2D eigenvalue weighted by atomic mass is 16.7. The van der Waals surface area contributed by atoms with Gasteiger partial charge in [-0.15, -0.1) is 0 Å². The third kappa shape index (κ3) is 1.94. The van der Waals surface area contributed by atoms with Gasteiger partial charge in [0.1, 0.15) is 12.2 Å². The Morgan fingerprint density at radius 2 is 2.08 bits per heavy atom. The Balaban J connectivity index is 2.50. The minimum absolute atomic E-state index is 0.170. The summed E-state index contributed by atoms with van der Waals surface area (Å²) in [6.07, 6.45) is -2.88. The molecule has 1 saturated heterocycles. The number of aliphatic hydroxyl groups excluding tert-OH is 3. The van der Waals surface area contributed by atoms with Crippen LogP contribution in [0.5, 0.6) is 0 Å². The van der Waals surface area contributed by atoms with Crippen LogP contribution in [-0.2, 0) is 9.47 Å². The summed E-state index contributed by atoms with van der Waals surface area (Å²) in [6, 6.07) is 0. The monoisotopic (exact) mass is 178 g/mol. The molecule has 1 fully saturated rings. The lowest BCUT2D eigenvalue weighted by atomic mass is 10.0. The van der Waals surface area contributed by atoms with Gasteiger partial charge in [-0.3, -0.25) is 0 Å². The minimum atomic E-state index is -0.826. The molecule has 3 N–H and O–H groups in total. The average Bonchev–Trinajstić information content (AvgIpc) is 2.05. The summed E-state index contributed by atoms with van der Waals surface area (Å²) in [5, 5.41) is 27.3. The first-order valence-corrected chi connectivity index (χ1v) is 3.84. The number of methoxy groups -OCH3 is 1. The summed E-state index contributed by atoms with van der Waals surface area (Å²) in [4.78, 5) is 0. The highest BCUT2D eigenvalue weighted by Crippen LogP contribution is 2.20. The lowest BCUT2D eigenvalue weighted by Gasteiger charge is -2.35. The van der Waals surface area contributed by atoms with Gasteiger partial charge in [-0.2, -0.15) is 0 Å². The van der Waals surface area contributed by atoms with E-state index >= 15 is 0 Å². The van der Waals surface area contributed by atoms with E-state index in [9.17, 15) is 10.2 Å². The topological polar surface area (TPSA) is 79.2 Å². The average molecular weight is 178 g/mol. The molecule has 1 aliphatic rings. The smallest absolute Gasteiger partial charge is 0.183 e. The van der Waals surface area contributed by atoms with Crippen LogP contribution in [0.4, 0.5) is 0 Å². The molecule has 0 spiro atoms. The van der Waals surface area contributed by atoms with Crippen molar-refractivity contribution in [3.8, 4) is 0 Å². The van der Waals surface area contributed by atoms with Gasteiger partial charge < -0.3 is 24.8 Å². The van der Waals surface area contributed by atoms with E-state index in [1.165, 1.54) is 7.11 Å². The second-order valence-corrected chi connectivity index (χ2v) is 2.83. The fourth-order valence-corrected chi connectivity index (χ4v) is 1.24. The normalized spacial score (nSPS) is 43.0. The fourth-order valence-electron chi connectivity index (χ4n) is 1.24. The molecule has 0 radical (unpaired) electrons. The minimum Gasteiger partial charge on any atom is -0.394 e. The molecule has 0 saturated carbocycles. The lowest BCUT2D eigenvalue weighted by Crippen LogP contribution is -2.49. The number of ether oxygens (including phenoxy) is 2. The number of hydrogen-bond donors (Lipinski definition) is 3. The molecule has 0 unspecified atom stereocenters. The zero-order valence-corrected chi connectivity index (χ0v) is 6.88. The summed E-state index contributed by atoms with van der Waals surface area (Å²) in [6.45, 7) is -0.270. The van der Waals surface area contributed by atoms with E-state index in [2.05, 4.69) is 0 Å². The first-order chi connectivity index (χ1) is 5.69. The maximum absolute atomic E-state index is 9.26. The van der Waals surface area contributed by atoms with Crippen molar-refractivity contribution in [2.24, 2.45) is 0 Å². The standard InChI is InChI=1S/C7H14O5/c1-11-7-5(10)2-4(9)6(3-8)12-7/h4-10H,2-3H2,1H3/t4-,5-,6-,7+/m1/s1. The molecular formula is C7H14O5.